The second kappa shape index (κ2) is 3.78. The Morgan fingerprint density at radius 2 is 2.08 bits per heavy atom. The zero-order chi connectivity index (χ0) is 9.10. The predicted molar refractivity (Wildman–Crippen MR) is 56.8 cm³/mol. The molecule has 0 saturated heterocycles. The first-order valence-corrected chi connectivity index (χ1v) is 5.08. The molecule has 0 fully saturated rings. The molecule has 1 unspecified atom stereocenters. The molecule has 0 amide bonds. The number of aryl methyl sites for hydroxylation is 1. The molecular formula is C13H16. The van der Waals surface area contributed by atoms with Gasteiger partial charge in [0.2, 0.25) is 0 Å². The van der Waals surface area contributed by atoms with E-state index >= 15 is 0 Å². The van der Waals surface area contributed by atoms with E-state index in [-0.39, 0.29) is 0 Å². The van der Waals surface area contributed by atoms with Crippen LogP contribution in [-0.4, -0.2) is 0 Å². The summed E-state index contributed by atoms with van der Waals surface area (Å²) in [5.74, 6) is 0.840. The summed E-state index contributed by atoms with van der Waals surface area (Å²) < 4.78 is 0. The Morgan fingerprint density at radius 1 is 1.31 bits per heavy atom. The van der Waals surface area contributed by atoms with E-state index in [4.69, 9.17) is 0 Å². The maximum atomic E-state index is 3.81. The minimum absolute atomic E-state index is 0.840. The van der Waals surface area contributed by atoms with Crippen molar-refractivity contribution >= 4 is 0 Å². The monoisotopic (exact) mass is 172 g/mol. The van der Waals surface area contributed by atoms with E-state index in [1.54, 1.807) is 11.1 Å². The number of fused-ring (bicyclic) bond motifs is 1. The van der Waals surface area contributed by atoms with Gasteiger partial charge < -0.3 is 0 Å². The van der Waals surface area contributed by atoms with Gasteiger partial charge in [0.25, 0.3) is 0 Å². The molecule has 0 nitrogen and oxygen atoms in total. The average molecular weight is 172 g/mol. The summed E-state index contributed by atoms with van der Waals surface area (Å²) in [4.78, 5) is 0. The van der Waals surface area contributed by atoms with Crippen LogP contribution in [0.5, 0.6) is 0 Å². The molecule has 0 aromatic heterocycles. The van der Waals surface area contributed by atoms with E-state index in [0.717, 1.165) is 5.92 Å². The summed E-state index contributed by atoms with van der Waals surface area (Å²) in [5, 5.41) is 0. The van der Waals surface area contributed by atoms with Crippen molar-refractivity contribution in [3.05, 3.63) is 48.0 Å². The third-order valence-electron chi connectivity index (χ3n) is 2.95. The maximum Gasteiger partial charge on any atom is -0.0245 e. The highest BCUT2D eigenvalue weighted by molar-refractivity contribution is 5.29. The highest BCUT2D eigenvalue weighted by Gasteiger charge is 2.16. The summed E-state index contributed by atoms with van der Waals surface area (Å²) >= 11 is 0. The second-order valence-electron chi connectivity index (χ2n) is 3.90. The summed E-state index contributed by atoms with van der Waals surface area (Å²) in [6, 6.07) is 8.83. The Morgan fingerprint density at radius 3 is 2.85 bits per heavy atom. The Labute approximate surface area is 80.3 Å². The van der Waals surface area contributed by atoms with E-state index in [0.29, 0.717) is 0 Å². The lowest BCUT2D eigenvalue weighted by molar-refractivity contribution is 0.464. The van der Waals surface area contributed by atoms with E-state index in [2.05, 4.69) is 36.9 Å². The molecule has 1 atom stereocenters. The smallest absolute Gasteiger partial charge is 0.0245 e. The highest BCUT2D eigenvalue weighted by Crippen LogP contribution is 2.27. The molecule has 0 saturated carbocycles. The van der Waals surface area contributed by atoms with Crippen LogP contribution in [-0.2, 0) is 12.8 Å². The predicted octanol–water partition coefficient (Wildman–Crippen LogP) is 3.37. The second-order valence-corrected chi connectivity index (χ2v) is 3.90. The van der Waals surface area contributed by atoms with Gasteiger partial charge >= 0.3 is 0 Å². The summed E-state index contributed by atoms with van der Waals surface area (Å²) in [5.41, 5.74) is 3.11. The molecule has 0 bridgehead atoms. The first-order chi connectivity index (χ1) is 6.40. The Balaban J connectivity index is 2.15. The molecule has 0 N–H and O–H groups in total. The summed E-state index contributed by atoms with van der Waals surface area (Å²) in [7, 11) is 0. The lowest BCUT2D eigenvalue weighted by Gasteiger charge is -2.23. The normalized spacial score (nSPS) is 20.8. The highest BCUT2D eigenvalue weighted by atomic mass is 14.2. The van der Waals surface area contributed by atoms with E-state index in [1.165, 1.54) is 25.7 Å². The fourth-order valence-corrected chi connectivity index (χ4v) is 2.21. The van der Waals surface area contributed by atoms with Gasteiger partial charge in [-0.2, -0.15) is 0 Å². The van der Waals surface area contributed by atoms with Gasteiger partial charge in [-0.25, -0.2) is 0 Å². The number of allylic oxidation sites excluding steroid dienone is 1. The van der Waals surface area contributed by atoms with Crippen LogP contribution in [0.2, 0.25) is 0 Å². The molecule has 0 spiro atoms. The van der Waals surface area contributed by atoms with Crippen LogP contribution in [0.3, 0.4) is 0 Å². The molecule has 0 radical (unpaired) electrons. The van der Waals surface area contributed by atoms with Gasteiger partial charge in [0.05, 0.1) is 0 Å². The molecule has 68 valence electrons. The Kier molecular flexibility index (Phi) is 2.49. The van der Waals surface area contributed by atoms with E-state index in [1.807, 2.05) is 0 Å². The molecule has 1 aromatic carbocycles. The van der Waals surface area contributed by atoms with Gasteiger partial charge in [0, 0.05) is 0 Å². The Bertz CT molecular complexity index is 299. The van der Waals surface area contributed by atoms with Crippen molar-refractivity contribution in [2.24, 2.45) is 5.92 Å². The van der Waals surface area contributed by atoms with Crippen LogP contribution < -0.4 is 0 Å². The zero-order valence-corrected chi connectivity index (χ0v) is 8.00. The third-order valence-corrected chi connectivity index (χ3v) is 2.95. The lowest BCUT2D eigenvalue weighted by Crippen LogP contribution is -2.13. The van der Waals surface area contributed by atoms with Crippen molar-refractivity contribution in [2.75, 3.05) is 0 Å². The molecule has 1 aliphatic rings. The van der Waals surface area contributed by atoms with Crippen molar-refractivity contribution in [3.8, 4) is 0 Å². The fourth-order valence-electron chi connectivity index (χ4n) is 2.21. The maximum absolute atomic E-state index is 3.81. The van der Waals surface area contributed by atoms with Crippen LogP contribution >= 0.6 is 0 Å². The molecule has 0 heterocycles. The zero-order valence-electron chi connectivity index (χ0n) is 8.00. The Hall–Kier alpha value is -1.04. The van der Waals surface area contributed by atoms with E-state index < -0.39 is 0 Å². The summed E-state index contributed by atoms with van der Waals surface area (Å²) in [6.45, 7) is 3.81. The minimum atomic E-state index is 0.840. The van der Waals surface area contributed by atoms with Gasteiger partial charge in [0.15, 0.2) is 0 Å². The van der Waals surface area contributed by atoms with Crippen LogP contribution in [0.1, 0.15) is 24.0 Å². The first kappa shape index (κ1) is 8.55. The summed E-state index contributed by atoms with van der Waals surface area (Å²) in [6.07, 6.45) is 7.08. The van der Waals surface area contributed by atoms with Gasteiger partial charge in [-0.05, 0) is 42.7 Å². The number of rotatable bonds is 2. The largest absolute Gasteiger partial charge is 0.103 e. The van der Waals surface area contributed by atoms with Gasteiger partial charge in [-0.15, -0.1) is 6.58 Å². The molecule has 0 heteroatoms. The minimum Gasteiger partial charge on any atom is -0.103 e. The SMILES string of the molecule is C=CCC1CCc2ccccc2C1. The van der Waals surface area contributed by atoms with Gasteiger partial charge in [-0.3, -0.25) is 0 Å². The van der Waals surface area contributed by atoms with Crippen LogP contribution in [0.25, 0.3) is 0 Å². The molecule has 0 aliphatic heterocycles. The molecule has 1 aromatic rings. The van der Waals surface area contributed by atoms with Gasteiger partial charge in [0.1, 0.15) is 0 Å². The van der Waals surface area contributed by atoms with Crippen molar-refractivity contribution < 1.29 is 0 Å². The third kappa shape index (κ3) is 1.82. The topological polar surface area (TPSA) is 0 Å². The number of hydrogen-bond donors (Lipinski definition) is 0. The standard InChI is InChI=1S/C13H16/c1-2-5-11-8-9-12-6-3-4-7-13(12)10-11/h2-4,6-7,11H,1,5,8-10H2. The average Bonchev–Trinajstić information content (AvgIpc) is 2.18. The quantitative estimate of drug-likeness (QED) is 0.600. The molecule has 13 heavy (non-hydrogen) atoms. The van der Waals surface area contributed by atoms with Crippen molar-refractivity contribution in [1.29, 1.82) is 0 Å². The molecular weight excluding hydrogens is 156 g/mol. The lowest BCUT2D eigenvalue weighted by atomic mass is 9.82. The molecule has 2 rings (SSSR count). The first-order valence-electron chi connectivity index (χ1n) is 5.08. The van der Waals surface area contributed by atoms with Crippen LogP contribution in [0.15, 0.2) is 36.9 Å². The van der Waals surface area contributed by atoms with Crippen LogP contribution in [0, 0.1) is 5.92 Å². The van der Waals surface area contributed by atoms with Crippen LogP contribution in [0.4, 0.5) is 0 Å². The van der Waals surface area contributed by atoms with Crippen molar-refractivity contribution in [3.63, 3.8) is 0 Å². The number of benzene rings is 1. The van der Waals surface area contributed by atoms with Crippen molar-refractivity contribution in [1.82, 2.24) is 0 Å². The molecule has 1 aliphatic carbocycles. The van der Waals surface area contributed by atoms with Crippen molar-refractivity contribution in [2.45, 2.75) is 25.7 Å². The fraction of sp³-hybridized carbons (Fsp3) is 0.385. The number of hydrogen-bond acceptors (Lipinski definition) is 0. The van der Waals surface area contributed by atoms with Gasteiger partial charge in [-0.1, -0.05) is 30.3 Å². The van der Waals surface area contributed by atoms with E-state index in [9.17, 15) is 0 Å².